The zero-order valence-corrected chi connectivity index (χ0v) is 16.7. The highest BCUT2D eigenvalue weighted by Crippen LogP contribution is 2.49. The molecule has 0 unspecified atom stereocenters. The maximum absolute atomic E-state index is 11.6. The van der Waals surface area contributed by atoms with Gasteiger partial charge in [0.25, 0.3) is 0 Å². The molecule has 1 saturated heterocycles. The minimum Gasteiger partial charge on any atom is -0.465 e. The molecule has 3 aliphatic rings. The number of piperidine rings is 1. The molecule has 0 spiro atoms. The van der Waals surface area contributed by atoms with Gasteiger partial charge >= 0.3 is 6.09 Å². The first-order valence-electron chi connectivity index (χ1n) is 10.5. The summed E-state index contributed by atoms with van der Waals surface area (Å²) in [7, 11) is 0. The molecular weight excluding hydrogens is 362 g/mol. The molecule has 0 radical (unpaired) electrons. The number of benzene rings is 2. The molecule has 1 amide bonds. The van der Waals surface area contributed by atoms with Crippen LogP contribution in [0.4, 0.5) is 10.5 Å². The van der Waals surface area contributed by atoms with Gasteiger partial charge in [-0.05, 0) is 84.7 Å². The second-order valence-electron chi connectivity index (χ2n) is 8.56. The molecule has 2 aromatic rings. The van der Waals surface area contributed by atoms with Crippen LogP contribution in [-0.2, 0) is 6.42 Å². The molecule has 29 heavy (non-hydrogen) atoms. The van der Waals surface area contributed by atoms with Crippen LogP contribution < -0.4 is 4.90 Å². The van der Waals surface area contributed by atoms with Crippen LogP contribution >= 0.6 is 0 Å². The van der Waals surface area contributed by atoms with Crippen LogP contribution in [0.2, 0.25) is 0 Å². The van der Waals surface area contributed by atoms with Gasteiger partial charge in [0.1, 0.15) is 0 Å². The Morgan fingerprint density at radius 1 is 1.21 bits per heavy atom. The minimum atomic E-state index is -0.810. The van der Waals surface area contributed by atoms with E-state index in [1.807, 2.05) is 18.2 Å². The molecule has 1 fully saturated rings. The zero-order chi connectivity index (χ0) is 20.1. The van der Waals surface area contributed by atoms with Gasteiger partial charge in [-0.15, -0.1) is 0 Å². The van der Waals surface area contributed by atoms with E-state index in [2.05, 4.69) is 30.0 Å². The lowest BCUT2D eigenvalue weighted by Gasteiger charge is -2.37. The third kappa shape index (κ3) is 2.86. The van der Waals surface area contributed by atoms with Gasteiger partial charge in [-0.1, -0.05) is 6.07 Å². The number of fused-ring (bicyclic) bond motifs is 3. The number of nitriles is 1. The standard InChI is InChI=1S/C24H25N3O2/c1-15-10-16(13-25)5-6-19(15)18-11-17-4-2-3-8-27-22-7-9-26(24(28)29)14-21(22)20(12-18)23(17)27/h5-6,10-12,21-22H,2-4,7-9,14H2,1H3,(H,28,29)/t21-,22-/m0/s1. The first-order valence-corrected chi connectivity index (χ1v) is 10.5. The Morgan fingerprint density at radius 3 is 2.83 bits per heavy atom. The quantitative estimate of drug-likeness (QED) is 0.781. The summed E-state index contributed by atoms with van der Waals surface area (Å²) in [6.45, 7) is 4.34. The number of anilines is 1. The highest BCUT2D eigenvalue weighted by molar-refractivity contribution is 5.78. The minimum absolute atomic E-state index is 0.241. The largest absolute Gasteiger partial charge is 0.465 e. The number of carbonyl (C=O) groups is 1. The first-order chi connectivity index (χ1) is 14.1. The van der Waals surface area contributed by atoms with Crippen molar-refractivity contribution in [2.45, 2.75) is 44.6 Å². The SMILES string of the molecule is Cc1cc(C#N)ccc1-c1cc2c3c(c1)[C@@H]1CN(C(=O)O)CC[C@@H]1N3CCCC2. The van der Waals surface area contributed by atoms with E-state index in [9.17, 15) is 15.2 Å². The number of carboxylic acid groups (broad SMARTS) is 1. The highest BCUT2D eigenvalue weighted by Gasteiger charge is 2.44. The molecule has 148 valence electrons. The summed E-state index contributed by atoms with van der Waals surface area (Å²) in [4.78, 5) is 15.8. The lowest BCUT2D eigenvalue weighted by Crippen LogP contribution is -2.48. The molecule has 0 bridgehead atoms. The van der Waals surface area contributed by atoms with Crippen LogP contribution in [0, 0.1) is 18.3 Å². The molecule has 0 aromatic heterocycles. The van der Waals surface area contributed by atoms with Crippen molar-refractivity contribution in [3.8, 4) is 17.2 Å². The Kier molecular flexibility index (Phi) is 4.24. The van der Waals surface area contributed by atoms with Crippen LogP contribution in [0.5, 0.6) is 0 Å². The molecular formula is C24H25N3O2. The van der Waals surface area contributed by atoms with Crippen molar-refractivity contribution >= 4 is 11.8 Å². The Morgan fingerprint density at radius 2 is 2.07 bits per heavy atom. The fraction of sp³-hybridized carbons (Fsp3) is 0.417. The molecule has 0 aliphatic carbocycles. The summed E-state index contributed by atoms with van der Waals surface area (Å²) in [6, 6.07) is 13.1. The van der Waals surface area contributed by atoms with E-state index in [-0.39, 0.29) is 5.92 Å². The third-order valence-corrected chi connectivity index (χ3v) is 6.91. The fourth-order valence-corrected chi connectivity index (χ4v) is 5.59. The second-order valence-corrected chi connectivity index (χ2v) is 8.56. The van der Waals surface area contributed by atoms with Crippen molar-refractivity contribution < 1.29 is 9.90 Å². The van der Waals surface area contributed by atoms with Crippen LogP contribution in [0.25, 0.3) is 11.1 Å². The Hall–Kier alpha value is -3.00. The van der Waals surface area contributed by atoms with Gasteiger partial charge in [-0.2, -0.15) is 5.26 Å². The van der Waals surface area contributed by atoms with Gasteiger partial charge in [0.05, 0.1) is 11.6 Å². The summed E-state index contributed by atoms with van der Waals surface area (Å²) in [5.74, 6) is 0.241. The molecule has 3 heterocycles. The number of likely N-dealkylation sites (tertiary alicyclic amines) is 1. The van der Waals surface area contributed by atoms with Crippen molar-refractivity contribution in [1.82, 2.24) is 4.90 Å². The van der Waals surface area contributed by atoms with E-state index in [0.717, 1.165) is 30.5 Å². The Labute approximate surface area is 171 Å². The van der Waals surface area contributed by atoms with Crippen LogP contribution in [-0.4, -0.2) is 41.8 Å². The fourth-order valence-electron chi connectivity index (χ4n) is 5.59. The second kappa shape index (κ2) is 6.81. The average molecular weight is 387 g/mol. The number of hydrogen-bond acceptors (Lipinski definition) is 3. The van der Waals surface area contributed by atoms with Crippen LogP contribution in [0.15, 0.2) is 30.3 Å². The smallest absolute Gasteiger partial charge is 0.407 e. The van der Waals surface area contributed by atoms with Crippen molar-refractivity contribution in [1.29, 1.82) is 5.26 Å². The maximum Gasteiger partial charge on any atom is 0.407 e. The summed E-state index contributed by atoms with van der Waals surface area (Å²) in [6.07, 6.45) is 3.54. The van der Waals surface area contributed by atoms with Gasteiger partial charge in [-0.25, -0.2) is 4.79 Å². The van der Waals surface area contributed by atoms with Gasteiger partial charge in [0, 0.05) is 37.3 Å². The van der Waals surface area contributed by atoms with Gasteiger partial charge in [0.15, 0.2) is 0 Å². The zero-order valence-electron chi connectivity index (χ0n) is 16.7. The molecule has 5 nitrogen and oxygen atoms in total. The number of hydrogen-bond donors (Lipinski definition) is 1. The third-order valence-electron chi connectivity index (χ3n) is 6.91. The number of rotatable bonds is 1. The number of nitrogens with zero attached hydrogens (tertiary/aromatic N) is 3. The van der Waals surface area contributed by atoms with E-state index in [1.54, 1.807) is 4.90 Å². The average Bonchev–Trinajstić information content (AvgIpc) is 2.88. The molecule has 5 rings (SSSR count). The maximum atomic E-state index is 11.6. The van der Waals surface area contributed by atoms with E-state index in [0.29, 0.717) is 24.7 Å². The number of aryl methyl sites for hydroxylation is 2. The van der Waals surface area contributed by atoms with Crippen molar-refractivity contribution in [3.63, 3.8) is 0 Å². The predicted octanol–water partition coefficient (Wildman–Crippen LogP) is 4.53. The highest BCUT2D eigenvalue weighted by atomic mass is 16.4. The normalized spacial score (nSPS) is 22.5. The van der Waals surface area contributed by atoms with Gasteiger partial charge in [0.2, 0.25) is 0 Å². The monoisotopic (exact) mass is 387 g/mol. The van der Waals surface area contributed by atoms with E-state index in [4.69, 9.17) is 0 Å². The summed E-state index contributed by atoms with van der Waals surface area (Å²) < 4.78 is 0. The molecule has 1 N–H and O–H groups in total. The first kappa shape index (κ1) is 18.1. The van der Waals surface area contributed by atoms with E-state index in [1.165, 1.54) is 35.2 Å². The molecule has 2 aromatic carbocycles. The summed E-state index contributed by atoms with van der Waals surface area (Å²) in [5.41, 5.74) is 8.23. The van der Waals surface area contributed by atoms with Crippen LogP contribution in [0.1, 0.15) is 47.4 Å². The lowest BCUT2D eigenvalue weighted by molar-refractivity contribution is 0.127. The summed E-state index contributed by atoms with van der Waals surface area (Å²) >= 11 is 0. The molecule has 0 saturated carbocycles. The van der Waals surface area contributed by atoms with E-state index >= 15 is 0 Å². The molecule has 3 aliphatic heterocycles. The Bertz CT molecular complexity index is 1040. The summed E-state index contributed by atoms with van der Waals surface area (Å²) in [5, 5.41) is 18.7. The lowest BCUT2D eigenvalue weighted by atomic mass is 9.85. The van der Waals surface area contributed by atoms with Crippen molar-refractivity contribution in [2.24, 2.45) is 0 Å². The van der Waals surface area contributed by atoms with Crippen molar-refractivity contribution in [3.05, 3.63) is 52.6 Å². The predicted molar refractivity (Wildman–Crippen MR) is 112 cm³/mol. The van der Waals surface area contributed by atoms with Gasteiger partial charge < -0.3 is 14.9 Å². The Balaban J connectivity index is 1.64. The number of amides is 1. The topological polar surface area (TPSA) is 67.6 Å². The van der Waals surface area contributed by atoms with Crippen LogP contribution in [0.3, 0.4) is 0 Å². The molecule has 5 heteroatoms. The molecule has 2 atom stereocenters. The van der Waals surface area contributed by atoms with E-state index < -0.39 is 6.09 Å². The van der Waals surface area contributed by atoms with Gasteiger partial charge in [-0.3, -0.25) is 0 Å². The van der Waals surface area contributed by atoms with Crippen molar-refractivity contribution in [2.75, 3.05) is 24.5 Å².